The minimum Gasteiger partial charge on any atom is -0.353 e. The average Bonchev–Trinajstić information content (AvgIpc) is 2.35. The second kappa shape index (κ2) is 4.70. The van der Waals surface area contributed by atoms with Crippen molar-refractivity contribution in [1.82, 2.24) is 4.57 Å². The lowest BCUT2D eigenvalue weighted by Gasteiger charge is -2.03. The molecular weight excluding hydrogens is 214 g/mol. The number of hydrogen-bond acceptors (Lipinski definition) is 0. The zero-order valence-electron chi connectivity index (χ0n) is 7.81. The molecule has 68 valence electrons. The molecule has 1 rings (SSSR count). The average molecular weight is 230 g/mol. The van der Waals surface area contributed by atoms with Crippen LogP contribution in [0, 0.1) is 0 Å². The largest absolute Gasteiger partial charge is 0.353 e. The SMILES string of the molecule is CCCCCc1c(Br)ccn1C. The Morgan fingerprint density at radius 2 is 2.17 bits per heavy atom. The fourth-order valence-electron chi connectivity index (χ4n) is 1.37. The predicted octanol–water partition coefficient (Wildman–Crippen LogP) is 3.52. The number of nitrogens with zero attached hydrogens (tertiary/aromatic N) is 1. The molecule has 1 heterocycles. The van der Waals surface area contributed by atoms with Gasteiger partial charge in [-0.2, -0.15) is 0 Å². The van der Waals surface area contributed by atoms with Crippen LogP contribution in [0.3, 0.4) is 0 Å². The first-order valence-electron chi connectivity index (χ1n) is 4.55. The molecule has 0 radical (unpaired) electrons. The zero-order chi connectivity index (χ0) is 8.97. The Balaban J connectivity index is 2.50. The molecule has 1 nitrogen and oxygen atoms in total. The van der Waals surface area contributed by atoms with Crippen LogP contribution in [0.2, 0.25) is 0 Å². The summed E-state index contributed by atoms with van der Waals surface area (Å²) < 4.78 is 3.45. The van der Waals surface area contributed by atoms with Crippen LogP contribution in [-0.2, 0) is 13.5 Å². The Bertz CT molecular complexity index is 220. The fourth-order valence-corrected chi connectivity index (χ4v) is 1.97. The summed E-state index contributed by atoms with van der Waals surface area (Å²) in [5.41, 5.74) is 1.42. The molecule has 12 heavy (non-hydrogen) atoms. The van der Waals surface area contributed by atoms with Crippen LogP contribution >= 0.6 is 15.9 Å². The summed E-state index contributed by atoms with van der Waals surface area (Å²) >= 11 is 3.55. The van der Waals surface area contributed by atoms with Gasteiger partial charge in [0, 0.05) is 23.4 Å². The molecule has 0 unspecified atom stereocenters. The highest BCUT2D eigenvalue weighted by atomic mass is 79.9. The number of unbranched alkanes of at least 4 members (excludes halogenated alkanes) is 2. The predicted molar refractivity (Wildman–Crippen MR) is 56.3 cm³/mol. The van der Waals surface area contributed by atoms with Crippen molar-refractivity contribution in [2.24, 2.45) is 7.05 Å². The molecule has 0 amide bonds. The molecule has 1 aromatic heterocycles. The second-order valence-electron chi connectivity index (χ2n) is 3.18. The Morgan fingerprint density at radius 1 is 1.42 bits per heavy atom. The van der Waals surface area contributed by atoms with Gasteiger partial charge in [-0.05, 0) is 34.8 Å². The molecule has 0 atom stereocenters. The van der Waals surface area contributed by atoms with E-state index in [4.69, 9.17) is 0 Å². The Labute approximate surface area is 82.9 Å². The third-order valence-corrected chi connectivity index (χ3v) is 2.89. The molecule has 0 spiro atoms. The van der Waals surface area contributed by atoms with Crippen molar-refractivity contribution in [2.45, 2.75) is 32.6 Å². The lowest BCUT2D eigenvalue weighted by molar-refractivity contribution is 0.684. The maximum Gasteiger partial charge on any atom is 0.0384 e. The molecule has 0 fully saturated rings. The van der Waals surface area contributed by atoms with Crippen molar-refractivity contribution in [3.05, 3.63) is 22.4 Å². The molecule has 2 heteroatoms. The van der Waals surface area contributed by atoms with Crippen molar-refractivity contribution < 1.29 is 0 Å². The van der Waals surface area contributed by atoms with Gasteiger partial charge < -0.3 is 4.57 Å². The van der Waals surface area contributed by atoms with Gasteiger partial charge in [-0.1, -0.05) is 19.8 Å². The van der Waals surface area contributed by atoms with E-state index in [0.29, 0.717) is 0 Å². The summed E-state index contributed by atoms with van der Waals surface area (Å²) in [5.74, 6) is 0. The number of aromatic nitrogens is 1. The number of rotatable bonds is 4. The van der Waals surface area contributed by atoms with Crippen LogP contribution in [-0.4, -0.2) is 4.57 Å². The standard InChI is InChI=1S/C10H16BrN/c1-3-4-5-6-10-9(11)7-8-12(10)2/h7-8H,3-6H2,1-2H3. The highest BCUT2D eigenvalue weighted by Gasteiger charge is 2.02. The third-order valence-electron chi connectivity index (χ3n) is 2.16. The van der Waals surface area contributed by atoms with Crippen LogP contribution in [0.1, 0.15) is 31.9 Å². The van der Waals surface area contributed by atoms with Gasteiger partial charge in [0.05, 0.1) is 0 Å². The summed E-state index contributed by atoms with van der Waals surface area (Å²) in [5, 5.41) is 0. The highest BCUT2D eigenvalue weighted by Crippen LogP contribution is 2.19. The molecule has 0 bridgehead atoms. The topological polar surface area (TPSA) is 4.93 Å². The van der Waals surface area contributed by atoms with Crippen molar-refractivity contribution in [3.63, 3.8) is 0 Å². The van der Waals surface area contributed by atoms with Crippen LogP contribution in [0.5, 0.6) is 0 Å². The van der Waals surface area contributed by atoms with E-state index in [1.54, 1.807) is 0 Å². The first-order chi connectivity index (χ1) is 5.75. The van der Waals surface area contributed by atoms with Gasteiger partial charge in [-0.15, -0.1) is 0 Å². The molecule has 1 aromatic rings. The highest BCUT2D eigenvalue weighted by molar-refractivity contribution is 9.10. The Morgan fingerprint density at radius 3 is 2.67 bits per heavy atom. The van der Waals surface area contributed by atoms with Gasteiger partial charge in [0.25, 0.3) is 0 Å². The molecule has 0 N–H and O–H groups in total. The molecule has 0 aliphatic carbocycles. The number of hydrogen-bond donors (Lipinski definition) is 0. The van der Waals surface area contributed by atoms with Crippen molar-refractivity contribution in [3.8, 4) is 0 Å². The fraction of sp³-hybridized carbons (Fsp3) is 0.600. The van der Waals surface area contributed by atoms with E-state index in [0.717, 1.165) is 0 Å². The van der Waals surface area contributed by atoms with Crippen LogP contribution in [0.25, 0.3) is 0 Å². The van der Waals surface area contributed by atoms with Gasteiger partial charge in [0.15, 0.2) is 0 Å². The van der Waals surface area contributed by atoms with E-state index in [9.17, 15) is 0 Å². The quantitative estimate of drug-likeness (QED) is 0.697. The lowest BCUT2D eigenvalue weighted by Crippen LogP contribution is -1.95. The van der Waals surface area contributed by atoms with Crippen LogP contribution < -0.4 is 0 Å². The van der Waals surface area contributed by atoms with Crippen molar-refractivity contribution in [1.29, 1.82) is 0 Å². The third kappa shape index (κ3) is 2.37. The van der Waals surface area contributed by atoms with E-state index in [1.165, 1.54) is 35.8 Å². The van der Waals surface area contributed by atoms with E-state index < -0.39 is 0 Å². The summed E-state index contributed by atoms with van der Waals surface area (Å²) in [4.78, 5) is 0. The van der Waals surface area contributed by atoms with Crippen LogP contribution in [0.4, 0.5) is 0 Å². The lowest BCUT2D eigenvalue weighted by atomic mass is 10.1. The smallest absolute Gasteiger partial charge is 0.0384 e. The van der Waals surface area contributed by atoms with Gasteiger partial charge in [-0.3, -0.25) is 0 Å². The first-order valence-corrected chi connectivity index (χ1v) is 5.34. The summed E-state index contributed by atoms with van der Waals surface area (Å²) in [7, 11) is 2.10. The number of aryl methyl sites for hydroxylation is 1. The minimum absolute atomic E-state index is 1.19. The van der Waals surface area contributed by atoms with E-state index in [-0.39, 0.29) is 0 Å². The molecule has 0 saturated heterocycles. The number of halogens is 1. The van der Waals surface area contributed by atoms with Gasteiger partial charge in [0.1, 0.15) is 0 Å². The second-order valence-corrected chi connectivity index (χ2v) is 4.03. The normalized spacial score (nSPS) is 10.6. The van der Waals surface area contributed by atoms with E-state index >= 15 is 0 Å². The molecule has 0 aliphatic rings. The molecule has 0 saturated carbocycles. The Hall–Kier alpha value is -0.240. The maximum atomic E-state index is 3.55. The Kier molecular flexibility index (Phi) is 3.86. The van der Waals surface area contributed by atoms with Crippen molar-refractivity contribution in [2.75, 3.05) is 0 Å². The molecule has 0 aliphatic heterocycles. The minimum atomic E-state index is 1.19. The maximum absolute atomic E-state index is 3.55. The summed E-state index contributed by atoms with van der Waals surface area (Å²) in [6, 6.07) is 2.11. The van der Waals surface area contributed by atoms with Crippen molar-refractivity contribution >= 4 is 15.9 Å². The zero-order valence-corrected chi connectivity index (χ0v) is 9.39. The van der Waals surface area contributed by atoms with E-state index in [2.05, 4.69) is 46.7 Å². The first kappa shape index (κ1) is 9.85. The summed E-state index contributed by atoms with van der Waals surface area (Å²) in [6.07, 6.45) is 7.22. The monoisotopic (exact) mass is 229 g/mol. The molecule has 0 aromatic carbocycles. The van der Waals surface area contributed by atoms with Gasteiger partial charge in [0.2, 0.25) is 0 Å². The van der Waals surface area contributed by atoms with Gasteiger partial charge in [-0.25, -0.2) is 0 Å². The molecular formula is C10H16BrN. The summed E-state index contributed by atoms with van der Waals surface area (Å²) in [6.45, 7) is 2.24. The van der Waals surface area contributed by atoms with E-state index in [1.807, 2.05) is 0 Å². The van der Waals surface area contributed by atoms with Gasteiger partial charge >= 0.3 is 0 Å². The van der Waals surface area contributed by atoms with Crippen LogP contribution in [0.15, 0.2) is 16.7 Å².